The Labute approximate surface area is 114 Å². The van der Waals surface area contributed by atoms with Crippen LogP contribution in [0.5, 0.6) is 0 Å². The number of carbonyl (C=O) groups is 2. The quantitative estimate of drug-likeness (QED) is 0.904. The van der Waals surface area contributed by atoms with Gasteiger partial charge in [-0.3, -0.25) is 9.59 Å². The Bertz CT molecular complexity index is 496. The van der Waals surface area contributed by atoms with Gasteiger partial charge in [0.1, 0.15) is 5.82 Å². The van der Waals surface area contributed by atoms with Gasteiger partial charge in [-0.05, 0) is 25.0 Å². The fourth-order valence-electron chi connectivity index (χ4n) is 1.90. The van der Waals surface area contributed by atoms with Gasteiger partial charge >= 0.3 is 5.97 Å². The second-order valence-electron chi connectivity index (χ2n) is 4.47. The van der Waals surface area contributed by atoms with Gasteiger partial charge in [-0.1, -0.05) is 17.7 Å². The number of nitrogens with zero attached hydrogens (tertiary/aromatic N) is 1. The fraction of sp³-hybridized carbons (Fsp3) is 0.385. The molecule has 1 aromatic carbocycles. The molecule has 1 amide bonds. The molecule has 2 rings (SSSR count). The first-order chi connectivity index (χ1) is 9.00. The van der Waals surface area contributed by atoms with E-state index in [0.29, 0.717) is 0 Å². The molecular weight excluding hydrogens is 273 g/mol. The van der Waals surface area contributed by atoms with E-state index in [9.17, 15) is 14.0 Å². The third-order valence-corrected chi connectivity index (χ3v) is 3.31. The largest absolute Gasteiger partial charge is 0.481 e. The normalized spacial score (nSPS) is 14.2. The van der Waals surface area contributed by atoms with Gasteiger partial charge in [0.2, 0.25) is 0 Å². The van der Waals surface area contributed by atoms with Crippen molar-refractivity contribution in [3.8, 4) is 0 Å². The number of carbonyl (C=O) groups excluding carboxylic acids is 1. The lowest BCUT2D eigenvalue weighted by atomic mass is 10.1. The van der Waals surface area contributed by atoms with Gasteiger partial charge in [-0.2, -0.15) is 0 Å². The molecule has 1 aliphatic rings. The topological polar surface area (TPSA) is 57.6 Å². The predicted octanol–water partition coefficient (Wildman–Crippen LogP) is 2.56. The summed E-state index contributed by atoms with van der Waals surface area (Å²) in [6.07, 6.45) is 1.48. The van der Waals surface area contributed by atoms with E-state index < -0.39 is 17.7 Å². The molecule has 4 nitrogen and oxygen atoms in total. The Morgan fingerprint density at radius 3 is 2.63 bits per heavy atom. The average molecular weight is 286 g/mol. The fourth-order valence-corrected chi connectivity index (χ4v) is 2.14. The summed E-state index contributed by atoms with van der Waals surface area (Å²) in [5.74, 6) is -2.21. The maximum atomic E-state index is 13.7. The summed E-state index contributed by atoms with van der Waals surface area (Å²) in [5.41, 5.74) is -0.179. The molecule has 6 heteroatoms. The van der Waals surface area contributed by atoms with E-state index >= 15 is 0 Å². The van der Waals surface area contributed by atoms with Crippen molar-refractivity contribution in [1.29, 1.82) is 0 Å². The lowest BCUT2D eigenvalue weighted by Crippen LogP contribution is -2.35. The number of carboxylic acids is 1. The molecule has 0 spiro atoms. The van der Waals surface area contributed by atoms with Crippen LogP contribution in [-0.2, 0) is 4.79 Å². The van der Waals surface area contributed by atoms with E-state index in [2.05, 4.69) is 0 Å². The minimum Gasteiger partial charge on any atom is -0.481 e. The predicted molar refractivity (Wildman–Crippen MR) is 67.7 cm³/mol. The molecule has 1 aromatic rings. The molecule has 0 unspecified atom stereocenters. The van der Waals surface area contributed by atoms with E-state index in [1.165, 1.54) is 23.1 Å². The summed E-state index contributed by atoms with van der Waals surface area (Å²) in [4.78, 5) is 24.3. The molecule has 1 aliphatic carbocycles. The maximum Gasteiger partial charge on any atom is 0.305 e. The van der Waals surface area contributed by atoms with Gasteiger partial charge < -0.3 is 10.0 Å². The van der Waals surface area contributed by atoms with Gasteiger partial charge in [-0.15, -0.1) is 0 Å². The summed E-state index contributed by atoms with van der Waals surface area (Å²) in [7, 11) is 0. The number of hydrogen-bond acceptors (Lipinski definition) is 2. The van der Waals surface area contributed by atoms with Crippen LogP contribution in [0.1, 0.15) is 29.6 Å². The SMILES string of the molecule is O=C(O)CCN(C(=O)c1c(F)cccc1Cl)C1CC1. The summed E-state index contributed by atoms with van der Waals surface area (Å²) < 4.78 is 13.7. The third-order valence-electron chi connectivity index (χ3n) is 2.99. The number of carboxylic acid groups (broad SMARTS) is 1. The van der Waals surface area contributed by atoms with Crippen LogP contribution < -0.4 is 0 Å². The molecule has 0 radical (unpaired) electrons. The lowest BCUT2D eigenvalue weighted by Gasteiger charge is -2.22. The van der Waals surface area contributed by atoms with E-state index in [4.69, 9.17) is 16.7 Å². The Morgan fingerprint density at radius 1 is 1.42 bits per heavy atom. The summed E-state index contributed by atoms with van der Waals surface area (Å²) >= 11 is 5.85. The molecule has 0 saturated heterocycles. The molecule has 1 saturated carbocycles. The van der Waals surface area contributed by atoms with Crippen LogP contribution >= 0.6 is 11.6 Å². The Morgan fingerprint density at radius 2 is 2.11 bits per heavy atom. The minimum atomic E-state index is -0.988. The zero-order chi connectivity index (χ0) is 14.0. The summed E-state index contributed by atoms with van der Waals surface area (Å²) in [5, 5.41) is 8.74. The monoisotopic (exact) mass is 285 g/mol. The van der Waals surface area contributed by atoms with Crippen molar-refractivity contribution in [3.05, 3.63) is 34.6 Å². The third kappa shape index (κ3) is 3.23. The van der Waals surface area contributed by atoms with E-state index in [-0.39, 0.29) is 29.6 Å². The first-order valence-corrected chi connectivity index (χ1v) is 6.35. The van der Waals surface area contributed by atoms with Crippen LogP contribution in [0.3, 0.4) is 0 Å². The standard InChI is InChI=1S/C13H13ClFNO3/c14-9-2-1-3-10(15)12(9)13(19)16(8-4-5-8)7-6-11(17)18/h1-3,8H,4-7H2,(H,17,18). The first kappa shape index (κ1) is 13.8. The number of aliphatic carboxylic acids is 1. The molecule has 19 heavy (non-hydrogen) atoms. The molecule has 0 atom stereocenters. The number of hydrogen-bond donors (Lipinski definition) is 1. The van der Waals surface area contributed by atoms with Crippen LogP contribution in [-0.4, -0.2) is 34.5 Å². The summed E-state index contributed by atoms with van der Waals surface area (Å²) in [6, 6.07) is 4.04. The van der Waals surface area contributed by atoms with Crippen LogP contribution in [0.15, 0.2) is 18.2 Å². The van der Waals surface area contributed by atoms with Crippen molar-refractivity contribution in [2.75, 3.05) is 6.54 Å². The molecule has 1 fully saturated rings. The van der Waals surface area contributed by atoms with Crippen LogP contribution in [0.25, 0.3) is 0 Å². The van der Waals surface area contributed by atoms with Crippen molar-refractivity contribution < 1.29 is 19.1 Å². The molecule has 102 valence electrons. The molecule has 0 aliphatic heterocycles. The van der Waals surface area contributed by atoms with E-state index in [1.54, 1.807) is 0 Å². The molecule has 0 aromatic heterocycles. The second-order valence-corrected chi connectivity index (χ2v) is 4.88. The van der Waals surface area contributed by atoms with Crippen molar-refractivity contribution in [1.82, 2.24) is 4.90 Å². The highest BCUT2D eigenvalue weighted by Crippen LogP contribution is 2.30. The molecule has 0 heterocycles. The lowest BCUT2D eigenvalue weighted by molar-refractivity contribution is -0.137. The average Bonchev–Trinajstić information content (AvgIpc) is 3.13. The van der Waals surface area contributed by atoms with E-state index in [1.807, 2.05) is 0 Å². The first-order valence-electron chi connectivity index (χ1n) is 5.97. The Balaban J connectivity index is 2.21. The molecular formula is C13H13ClFNO3. The van der Waals surface area contributed by atoms with Crippen LogP contribution in [0.2, 0.25) is 5.02 Å². The van der Waals surface area contributed by atoms with Gasteiger partial charge in [0.15, 0.2) is 0 Å². The number of benzene rings is 1. The van der Waals surface area contributed by atoms with Crippen LogP contribution in [0.4, 0.5) is 4.39 Å². The Hall–Kier alpha value is -1.62. The molecule has 0 bridgehead atoms. The highest BCUT2D eigenvalue weighted by atomic mass is 35.5. The van der Waals surface area contributed by atoms with Crippen LogP contribution in [0, 0.1) is 5.82 Å². The Kier molecular flexibility index (Phi) is 4.04. The second kappa shape index (κ2) is 5.57. The summed E-state index contributed by atoms with van der Waals surface area (Å²) in [6.45, 7) is 0.0729. The highest BCUT2D eigenvalue weighted by molar-refractivity contribution is 6.33. The van der Waals surface area contributed by atoms with Gasteiger partial charge in [0.25, 0.3) is 5.91 Å². The molecule has 1 N–H and O–H groups in total. The zero-order valence-corrected chi connectivity index (χ0v) is 10.9. The maximum absolute atomic E-state index is 13.7. The smallest absolute Gasteiger partial charge is 0.305 e. The van der Waals surface area contributed by atoms with E-state index in [0.717, 1.165) is 12.8 Å². The number of amides is 1. The van der Waals surface area contributed by atoms with Gasteiger partial charge in [-0.25, -0.2) is 4.39 Å². The van der Waals surface area contributed by atoms with Gasteiger partial charge in [0.05, 0.1) is 17.0 Å². The zero-order valence-electron chi connectivity index (χ0n) is 10.1. The number of halogens is 2. The van der Waals surface area contributed by atoms with Crippen molar-refractivity contribution in [2.45, 2.75) is 25.3 Å². The van der Waals surface area contributed by atoms with Crippen molar-refractivity contribution in [2.24, 2.45) is 0 Å². The number of rotatable bonds is 5. The van der Waals surface area contributed by atoms with Gasteiger partial charge in [0, 0.05) is 12.6 Å². The minimum absolute atomic E-state index is 0.00234. The van der Waals surface area contributed by atoms with Crippen molar-refractivity contribution in [3.63, 3.8) is 0 Å². The van der Waals surface area contributed by atoms with Crippen molar-refractivity contribution >= 4 is 23.5 Å². The highest BCUT2D eigenvalue weighted by Gasteiger charge is 2.34.